The Labute approximate surface area is 131 Å². The highest BCUT2D eigenvalue weighted by atomic mass is 79.9. The molecule has 1 aromatic carbocycles. The number of rotatable bonds is 3. The molecular weight excluding hydrogens is 314 g/mol. The minimum atomic E-state index is -0.197. The zero-order valence-electron chi connectivity index (χ0n) is 12.7. The first-order chi connectivity index (χ1) is 9.37. The first-order valence-corrected chi connectivity index (χ1v) is 8.31. The summed E-state index contributed by atoms with van der Waals surface area (Å²) in [7, 11) is 0. The Morgan fingerprint density at radius 1 is 1.35 bits per heavy atom. The number of anilines is 1. The summed E-state index contributed by atoms with van der Waals surface area (Å²) < 4.78 is 1.07. The maximum atomic E-state index is 10.1. The van der Waals surface area contributed by atoms with Crippen LogP contribution in [0.25, 0.3) is 0 Å². The largest absolute Gasteiger partial charge is 0.394 e. The van der Waals surface area contributed by atoms with E-state index in [1.54, 1.807) is 0 Å². The van der Waals surface area contributed by atoms with E-state index in [4.69, 9.17) is 0 Å². The molecule has 1 aliphatic carbocycles. The zero-order chi connectivity index (χ0) is 14.8. The van der Waals surface area contributed by atoms with Crippen LogP contribution in [0.3, 0.4) is 0 Å². The highest BCUT2D eigenvalue weighted by Gasteiger charge is 2.45. The van der Waals surface area contributed by atoms with E-state index in [9.17, 15) is 5.11 Å². The van der Waals surface area contributed by atoms with Crippen molar-refractivity contribution in [3.05, 3.63) is 28.7 Å². The van der Waals surface area contributed by atoms with E-state index in [1.807, 2.05) is 12.1 Å². The Bertz CT molecular complexity index is 455. The number of hydrogen-bond donors (Lipinski definition) is 2. The van der Waals surface area contributed by atoms with Crippen molar-refractivity contribution in [3.63, 3.8) is 0 Å². The molecule has 2 N–H and O–H groups in total. The molecule has 1 saturated carbocycles. The molecule has 2 unspecified atom stereocenters. The molecule has 1 fully saturated rings. The van der Waals surface area contributed by atoms with E-state index in [2.05, 4.69) is 54.2 Å². The van der Waals surface area contributed by atoms with Crippen LogP contribution in [0.1, 0.15) is 46.5 Å². The van der Waals surface area contributed by atoms with Gasteiger partial charge in [-0.1, -0.05) is 55.6 Å². The Hall–Kier alpha value is -0.540. The summed E-state index contributed by atoms with van der Waals surface area (Å²) in [6.07, 6.45) is 4.68. The lowest BCUT2D eigenvalue weighted by molar-refractivity contribution is 0.0484. The van der Waals surface area contributed by atoms with Crippen LogP contribution in [-0.2, 0) is 0 Å². The molecule has 0 aliphatic heterocycles. The second-order valence-corrected chi connectivity index (χ2v) is 8.03. The second kappa shape index (κ2) is 6.07. The zero-order valence-corrected chi connectivity index (χ0v) is 14.3. The van der Waals surface area contributed by atoms with Gasteiger partial charge in [-0.2, -0.15) is 0 Å². The SMILES string of the molecule is CC(C)(C)C1CCCCC1(CO)Nc1cccc(Br)c1. The van der Waals surface area contributed by atoms with Crippen LogP contribution >= 0.6 is 15.9 Å². The van der Waals surface area contributed by atoms with Gasteiger partial charge >= 0.3 is 0 Å². The fraction of sp³-hybridized carbons (Fsp3) is 0.647. The molecule has 3 heteroatoms. The van der Waals surface area contributed by atoms with E-state index in [-0.39, 0.29) is 17.6 Å². The van der Waals surface area contributed by atoms with E-state index < -0.39 is 0 Å². The van der Waals surface area contributed by atoms with Gasteiger partial charge in [0, 0.05) is 10.2 Å². The molecule has 1 aromatic rings. The fourth-order valence-electron chi connectivity index (χ4n) is 3.73. The summed E-state index contributed by atoms with van der Waals surface area (Å²) >= 11 is 3.52. The van der Waals surface area contributed by atoms with Gasteiger partial charge in [-0.25, -0.2) is 0 Å². The van der Waals surface area contributed by atoms with Crippen molar-refractivity contribution in [1.29, 1.82) is 0 Å². The van der Waals surface area contributed by atoms with Gasteiger partial charge in [0.1, 0.15) is 0 Å². The first-order valence-electron chi connectivity index (χ1n) is 7.52. The highest BCUT2D eigenvalue weighted by molar-refractivity contribution is 9.10. The summed E-state index contributed by atoms with van der Waals surface area (Å²) in [5.41, 5.74) is 1.09. The molecule has 2 rings (SSSR count). The molecule has 0 saturated heterocycles. The van der Waals surface area contributed by atoms with Gasteiger partial charge in [0.15, 0.2) is 0 Å². The van der Waals surface area contributed by atoms with Gasteiger partial charge in [0.25, 0.3) is 0 Å². The van der Waals surface area contributed by atoms with Gasteiger partial charge in [-0.3, -0.25) is 0 Å². The van der Waals surface area contributed by atoms with Crippen molar-refractivity contribution in [1.82, 2.24) is 0 Å². The summed E-state index contributed by atoms with van der Waals surface area (Å²) in [6.45, 7) is 7.06. The van der Waals surface area contributed by atoms with Gasteiger partial charge < -0.3 is 10.4 Å². The lowest BCUT2D eigenvalue weighted by atomic mass is 9.62. The predicted molar refractivity (Wildman–Crippen MR) is 89.0 cm³/mol. The lowest BCUT2D eigenvalue weighted by Crippen LogP contribution is -2.55. The molecule has 2 nitrogen and oxygen atoms in total. The van der Waals surface area contributed by atoms with Crippen molar-refractivity contribution in [3.8, 4) is 0 Å². The van der Waals surface area contributed by atoms with Gasteiger partial charge in [-0.05, 0) is 42.4 Å². The Kier molecular flexibility index (Phi) is 4.80. The molecule has 0 aromatic heterocycles. The van der Waals surface area contributed by atoms with Crippen LogP contribution < -0.4 is 5.32 Å². The van der Waals surface area contributed by atoms with Crippen molar-refractivity contribution in [2.75, 3.05) is 11.9 Å². The van der Waals surface area contributed by atoms with Crippen molar-refractivity contribution in [2.24, 2.45) is 11.3 Å². The van der Waals surface area contributed by atoms with Crippen molar-refractivity contribution >= 4 is 21.6 Å². The maximum Gasteiger partial charge on any atom is 0.0664 e. The molecule has 0 spiro atoms. The summed E-state index contributed by atoms with van der Waals surface area (Å²) in [4.78, 5) is 0. The predicted octanol–water partition coefficient (Wildman–Crippen LogP) is 4.83. The highest BCUT2D eigenvalue weighted by Crippen LogP contribution is 2.45. The van der Waals surface area contributed by atoms with Crippen LogP contribution in [0.2, 0.25) is 0 Å². The second-order valence-electron chi connectivity index (χ2n) is 7.11. The van der Waals surface area contributed by atoms with E-state index in [1.165, 1.54) is 19.3 Å². The Balaban J connectivity index is 2.30. The third-order valence-electron chi connectivity index (χ3n) is 4.58. The molecule has 0 bridgehead atoms. The molecule has 20 heavy (non-hydrogen) atoms. The standard InChI is InChI=1S/C17H26BrNO/c1-16(2,3)15-9-4-5-10-17(15,12-20)19-14-8-6-7-13(18)11-14/h6-8,11,15,19-20H,4-5,9-10,12H2,1-3H3. The normalized spacial score (nSPS) is 27.4. The minimum absolute atomic E-state index is 0.196. The fourth-order valence-corrected chi connectivity index (χ4v) is 4.13. The average molecular weight is 340 g/mol. The number of hydrogen-bond acceptors (Lipinski definition) is 2. The third-order valence-corrected chi connectivity index (χ3v) is 5.07. The monoisotopic (exact) mass is 339 g/mol. The Morgan fingerprint density at radius 2 is 2.10 bits per heavy atom. The van der Waals surface area contributed by atoms with Crippen LogP contribution in [0, 0.1) is 11.3 Å². The molecular formula is C17H26BrNO. The maximum absolute atomic E-state index is 10.1. The molecule has 0 radical (unpaired) electrons. The third kappa shape index (κ3) is 3.37. The number of nitrogens with one attached hydrogen (secondary N) is 1. The van der Waals surface area contributed by atoms with Gasteiger partial charge in [0.05, 0.1) is 12.1 Å². The van der Waals surface area contributed by atoms with Crippen molar-refractivity contribution < 1.29 is 5.11 Å². The molecule has 0 amide bonds. The average Bonchev–Trinajstić information content (AvgIpc) is 2.38. The summed E-state index contributed by atoms with van der Waals surface area (Å²) in [6, 6.07) is 8.23. The van der Waals surface area contributed by atoms with Crippen LogP contribution in [0.15, 0.2) is 28.7 Å². The number of benzene rings is 1. The molecule has 112 valence electrons. The van der Waals surface area contributed by atoms with Crippen LogP contribution in [0.5, 0.6) is 0 Å². The molecule has 1 aliphatic rings. The van der Waals surface area contributed by atoms with E-state index >= 15 is 0 Å². The quantitative estimate of drug-likeness (QED) is 0.826. The molecule has 0 heterocycles. The lowest BCUT2D eigenvalue weighted by Gasteiger charge is -2.50. The van der Waals surface area contributed by atoms with Crippen LogP contribution in [0.4, 0.5) is 5.69 Å². The summed E-state index contributed by atoms with van der Waals surface area (Å²) in [5.74, 6) is 0.479. The minimum Gasteiger partial charge on any atom is -0.394 e. The molecule has 2 atom stereocenters. The first kappa shape index (κ1) is 15.8. The van der Waals surface area contributed by atoms with Gasteiger partial charge in [0.2, 0.25) is 0 Å². The van der Waals surface area contributed by atoms with Crippen molar-refractivity contribution in [2.45, 2.75) is 52.0 Å². The topological polar surface area (TPSA) is 32.3 Å². The van der Waals surface area contributed by atoms with Gasteiger partial charge in [-0.15, -0.1) is 0 Å². The van der Waals surface area contributed by atoms with E-state index in [0.717, 1.165) is 16.6 Å². The van der Waals surface area contributed by atoms with Crippen LogP contribution in [-0.4, -0.2) is 17.3 Å². The summed E-state index contributed by atoms with van der Waals surface area (Å²) in [5, 5.41) is 13.8. The number of aliphatic hydroxyl groups is 1. The Morgan fingerprint density at radius 3 is 2.70 bits per heavy atom. The number of halogens is 1. The number of aliphatic hydroxyl groups excluding tert-OH is 1. The van der Waals surface area contributed by atoms with E-state index in [0.29, 0.717) is 5.92 Å². The smallest absolute Gasteiger partial charge is 0.0664 e.